The number of aromatic nitrogens is 2. The maximum absolute atomic E-state index is 12.7. The van der Waals surface area contributed by atoms with E-state index in [-0.39, 0.29) is 5.91 Å². The van der Waals surface area contributed by atoms with Gasteiger partial charge in [-0.25, -0.2) is 9.97 Å². The van der Waals surface area contributed by atoms with Crippen LogP contribution in [0.15, 0.2) is 88.0 Å². The first-order valence-electron chi connectivity index (χ1n) is 9.54. The monoisotopic (exact) mass is 422 g/mol. The summed E-state index contributed by atoms with van der Waals surface area (Å²) in [5.41, 5.74) is 1.22. The summed E-state index contributed by atoms with van der Waals surface area (Å²) in [4.78, 5) is 27.0. The van der Waals surface area contributed by atoms with Crippen LogP contribution in [0, 0.1) is 0 Å². The Morgan fingerprint density at radius 3 is 2.14 bits per heavy atom. The summed E-state index contributed by atoms with van der Waals surface area (Å²) in [6.45, 7) is 3.22. The topological polar surface area (TPSA) is 49.3 Å². The van der Waals surface area contributed by atoms with Crippen LogP contribution in [-0.2, 0) is 4.79 Å². The number of hydrogen-bond acceptors (Lipinski definition) is 6. The van der Waals surface area contributed by atoms with Crippen LogP contribution in [0.3, 0.4) is 0 Å². The van der Waals surface area contributed by atoms with Gasteiger partial charge in [0.05, 0.1) is 5.75 Å². The Morgan fingerprint density at radius 2 is 1.45 bits per heavy atom. The van der Waals surface area contributed by atoms with Crippen molar-refractivity contribution in [3.05, 3.63) is 73.1 Å². The van der Waals surface area contributed by atoms with E-state index in [0.717, 1.165) is 41.1 Å². The van der Waals surface area contributed by atoms with Gasteiger partial charge in [-0.1, -0.05) is 59.9 Å². The lowest BCUT2D eigenvalue weighted by atomic mass is 10.2. The Hall–Kier alpha value is -2.51. The summed E-state index contributed by atoms with van der Waals surface area (Å²) in [5, 5.41) is 1.64. The molecule has 2 heterocycles. The highest BCUT2D eigenvalue weighted by atomic mass is 32.2. The molecule has 7 heteroatoms. The Kier molecular flexibility index (Phi) is 6.69. The molecule has 1 aliphatic rings. The molecule has 0 saturated carbocycles. The van der Waals surface area contributed by atoms with Crippen LogP contribution in [-0.4, -0.2) is 52.7 Å². The van der Waals surface area contributed by atoms with Crippen molar-refractivity contribution in [1.82, 2.24) is 14.9 Å². The summed E-state index contributed by atoms with van der Waals surface area (Å²) >= 11 is 3.04. The first-order chi connectivity index (χ1) is 14.3. The quantitative estimate of drug-likeness (QED) is 0.558. The van der Waals surface area contributed by atoms with Crippen LogP contribution in [0.1, 0.15) is 0 Å². The van der Waals surface area contributed by atoms with E-state index in [1.807, 2.05) is 41.3 Å². The fourth-order valence-electron chi connectivity index (χ4n) is 3.16. The van der Waals surface area contributed by atoms with Gasteiger partial charge in [0.15, 0.2) is 0 Å². The van der Waals surface area contributed by atoms with E-state index in [2.05, 4.69) is 39.1 Å². The van der Waals surface area contributed by atoms with Crippen molar-refractivity contribution in [2.45, 2.75) is 14.9 Å². The Bertz CT molecular complexity index is 932. The van der Waals surface area contributed by atoms with Gasteiger partial charge in [-0.3, -0.25) is 4.79 Å². The zero-order valence-corrected chi connectivity index (χ0v) is 17.6. The van der Waals surface area contributed by atoms with Gasteiger partial charge >= 0.3 is 0 Å². The fraction of sp³-hybridized carbons (Fsp3) is 0.227. The minimum atomic E-state index is 0.157. The van der Waals surface area contributed by atoms with Crippen molar-refractivity contribution in [3.8, 4) is 0 Å². The largest absolute Gasteiger partial charge is 0.368 e. The number of anilines is 1. The van der Waals surface area contributed by atoms with Gasteiger partial charge in [-0.2, -0.15) is 0 Å². The van der Waals surface area contributed by atoms with E-state index in [9.17, 15) is 4.79 Å². The molecule has 0 aliphatic carbocycles. The number of piperazine rings is 1. The number of thioether (sulfide) groups is 1. The summed E-state index contributed by atoms with van der Waals surface area (Å²) in [6.07, 6.45) is 3.38. The van der Waals surface area contributed by atoms with Crippen LogP contribution in [0.2, 0.25) is 0 Å². The van der Waals surface area contributed by atoms with Crippen LogP contribution in [0.5, 0.6) is 0 Å². The minimum Gasteiger partial charge on any atom is -0.368 e. The predicted octanol–water partition coefficient (Wildman–Crippen LogP) is 4.07. The maximum Gasteiger partial charge on any atom is 0.233 e. The number of carbonyl (C=O) groups is 1. The first kappa shape index (κ1) is 19.8. The lowest BCUT2D eigenvalue weighted by Crippen LogP contribution is -2.49. The number of hydrogen-bond donors (Lipinski definition) is 0. The predicted molar refractivity (Wildman–Crippen MR) is 119 cm³/mol. The minimum absolute atomic E-state index is 0.157. The molecule has 4 rings (SSSR count). The third-order valence-electron chi connectivity index (χ3n) is 4.68. The van der Waals surface area contributed by atoms with Gasteiger partial charge in [0.1, 0.15) is 10.1 Å². The zero-order valence-electron chi connectivity index (χ0n) is 16.0. The number of benzene rings is 2. The highest BCUT2D eigenvalue weighted by Gasteiger charge is 2.22. The first-order valence-corrected chi connectivity index (χ1v) is 11.3. The van der Waals surface area contributed by atoms with Crippen molar-refractivity contribution >= 4 is 35.1 Å². The molecule has 5 nitrogen and oxygen atoms in total. The number of nitrogens with zero attached hydrogens (tertiary/aromatic N) is 4. The van der Waals surface area contributed by atoms with Crippen molar-refractivity contribution in [2.75, 3.05) is 36.8 Å². The van der Waals surface area contributed by atoms with E-state index in [1.54, 1.807) is 24.2 Å². The molecule has 1 amide bonds. The van der Waals surface area contributed by atoms with Gasteiger partial charge in [-0.15, -0.1) is 0 Å². The molecule has 1 fully saturated rings. The summed E-state index contributed by atoms with van der Waals surface area (Å²) in [5.74, 6) is 0.538. The highest BCUT2D eigenvalue weighted by Crippen LogP contribution is 2.32. The van der Waals surface area contributed by atoms with Crippen molar-refractivity contribution in [3.63, 3.8) is 0 Å². The van der Waals surface area contributed by atoms with Crippen molar-refractivity contribution in [2.24, 2.45) is 0 Å². The SMILES string of the molecule is O=C(CSc1nccnc1Sc1ccccc1)N1CCN(c2ccccc2)CC1. The third kappa shape index (κ3) is 5.31. The molecule has 0 radical (unpaired) electrons. The second-order valence-electron chi connectivity index (χ2n) is 6.57. The van der Waals surface area contributed by atoms with Crippen LogP contribution in [0.25, 0.3) is 0 Å². The standard InChI is InChI=1S/C22H22N4OS2/c27-20(26-15-13-25(14-16-26)18-7-3-1-4-8-18)17-28-21-22(24-12-11-23-21)29-19-9-5-2-6-10-19/h1-12H,13-17H2. The van der Waals surface area contributed by atoms with Gasteiger partial charge in [-0.05, 0) is 24.3 Å². The molecule has 29 heavy (non-hydrogen) atoms. The van der Waals surface area contributed by atoms with Gasteiger partial charge in [0, 0.05) is 49.2 Å². The van der Waals surface area contributed by atoms with Crippen LogP contribution >= 0.6 is 23.5 Å². The fourth-order valence-corrected chi connectivity index (χ4v) is 4.98. The second-order valence-corrected chi connectivity index (χ2v) is 8.60. The highest BCUT2D eigenvalue weighted by molar-refractivity contribution is 8.02. The molecule has 1 aliphatic heterocycles. The number of carbonyl (C=O) groups excluding carboxylic acids is 1. The van der Waals surface area contributed by atoms with Gasteiger partial charge in [0.2, 0.25) is 5.91 Å². The normalized spacial score (nSPS) is 14.1. The molecule has 1 saturated heterocycles. The molecular formula is C22H22N4OS2. The summed E-state index contributed by atoms with van der Waals surface area (Å²) in [6, 6.07) is 20.5. The van der Waals surface area contributed by atoms with Crippen LogP contribution in [0.4, 0.5) is 5.69 Å². The number of amides is 1. The van der Waals surface area contributed by atoms with Crippen LogP contribution < -0.4 is 4.90 Å². The number of rotatable bonds is 6. The average Bonchev–Trinajstić information content (AvgIpc) is 2.80. The van der Waals surface area contributed by atoms with E-state index >= 15 is 0 Å². The lowest BCUT2D eigenvalue weighted by Gasteiger charge is -2.36. The molecule has 0 bridgehead atoms. The molecule has 3 aromatic rings. The molecular weight excluding hydrogens is 400 g/mol. The van der Waals surface area contributed by atoms with E-state index in [0.29, 0.717) is 5.75 Å². The van der Waals surface area contributed by atoms with E-state index in [4.69, 9.17) is 0 Å². The molecule has 148 valence electrons. The third-order valence-corrected chi connectivity index (χ3v) is 6.77. The van der Waals surface area contributed by atoms with Crippen molar-refractivity contribution < 1.29 is 4.79 Å². The van der Waals surface area contributed by atoms with Gasteiger partial charge < -0.3 is 9.80 Å². The average molecular weight is 423 g/mol. The Labute approximate surface area is 179 Å². The Morgan fingerprint density at radius 1 is 0.828 bits per heavy atom. The molecule has 0 N–H and O–H groups in total. The van der Waals surface area contributed by atoms with Gasteiger partial charge in [0.25, 0.3) is 0 Å². The summed E-state index contributed by atoms with van der Waals surface area (Å²) < 4.78 is 0. The van der Waals surface area contributed by atoms with E-state index in [1.165, 1.54) is 17.4 Å². The molecule has 0 unspecified atom stereocenters. The number of para-hydroxylation sites is 1. The molecule has 1 aromatic heterocycles. The Balaban J connectivity index is 1.31. The second kappa shape index (κ2) is 9.80. The molecule has 2 aromatic carbocycles. The molecule has 0 spiro atoms. The summed E-state index contributed by atoms with van der Waals surface area (Å²) in [7, 11) is 0. The zero-order chi connectivity index (χ0) is 19.9. The smallest absolute Gasteiger partial charge is 0.233 e. The maximum atomic E-state index is 12.7. The molecule has 0 atom stereocenters. The lowest BCUT2D eigenvalue weighted by molar-refractivity contribution is -0.128. The van der Waals surface area contributed by atoms with Crippen molar-refractivity contribution in [1.29, 1.82) is 0 Å². The van der Waals surface area contributed by atoms with E-state index < -0.39 is 0 Å².